The molecule has 1 saturated carbocycles. The Hall–Kier alpha value is -3.32. The second-order valence-corrected chi connectivity index (χ2v) is 9.09. The standard InChI is InChI=1S/C20H26N6O7/c21-15(28)17(30)23-25-11-5-1-2-6-12-20(33)7-3-4-8-26(12,24-18(31)16(22)29)19(32)14(20)10(11)9-13(25)27/h9,11-12,14,33H,1-8H2,(H5-,21,22,23,24,28,29,30,31)/p+1. The predicted molar refractivity (Wildman–Crippen MR) is 108 cm³/mol. The van der Waals surface area contributed by atoms with Gasteiger partial charge >= 0.3 is 29.5 Å². The monoisotopic (exact) mass is 463 g/mol. The number of primary amides is 2. The van der Waals surface area contributed by atoms with Crippen molar-refractivity contribution in [1.29, 1.82) is 0 Å². The minimum absolute atomic E-state index is 0.176. The van der Waals surface area contributed by atoms with Crippen molar-refractivity contribution in [3.63, 3.8) is 0 Å². The van der Waals surface area contributed by atoms with E-state index in [-0.39, 0.29) is 13.0 Å². The number of nitrogens with two attached hydrogens (primary N) is 2. The lowest BCUT2D eigenvalue weighted by Gasteiger charge is -2.38. The van der Waals surface area contributed by atoms with Gasteiger partial charge in [0.1, 0.15) is 24.1 Å². The summed E-state index contributed by atoms with van der Waals surface area (Å²) >= 11 is 0. The second-order valence-electron chi connectivity index (χ2n) is 9.09. The number of hydrogen-bond acceptors (Lipinski definition) is 7. The molecule has 4 bridgehead atoms. The van der Waals surface area contributed by atoms with Crippen LogP contribution in [0.5, 0.6) is 0 Å². The summed E-state index contributed by atoms with van der Waals surface area (Å²) in [6, 6.07) is -1.50. The number of amides is 6. The van der Waals surface area contributed by atoms with Gasteiger partial charge in [-0.1, -0.05) is 6.42 Å². The molecule has 7 N–H and O–H groups in total. The second kappa shape index (κ2) is 7.92. The van der Waals surface area contributed by atoms with Crippen LogP contribution in [0.2, 0.25) is 0 Å². The molecule has 2 saturated heterocycles. The van der Waals surface area contributed by atoms with Gasteiger partial charge in [-0.2, -0.15) is 10.0 Å². The maximum atomic E-state index is 13.9. The van der Waals surface area contributed by atoms with Gasteiger partial charge in [0.05, 0.1) is 6.04 Å². The van der Waals surface area contributed by atoms with Crippen molar-refractivity contribution in [3.05, 3.63) is 11.6 Å². The molecule has 0 aromatic heterocycles. The molecule has 13 heteroatoms. The van der Waals surface area contributed by atoms with Crippen LogP contribution in [0.25, 0.3) is 0 Å². The summed E-state index contributed by atoms with van der Waals surface area (Å²) in [5.74, 6) is -7.16. The lowest BCUT2D eigenvalue weighted by molar-refractivity contribution is -0.909. The van der Waals surface area contributed by atoms with E-state index in [1.807, 2.05) is 0 Å². The lowest BCUT2D eigenvalue weighted by atomic mass is 9.75. The topological polar surface area (TPSA) is 202 Å². The molecule has 13 nitrogen and oxygen atoms in total. The number of carbonyl (C=O) groups is 6. The minimum atomic E-state index is -1.59. The number of aliphatic hydroxyl groups is 1. The first-order valence-corrected chi connectivity index (χ1v) is 10.9. The van der Waals surface area contributed by atoms with Gasteiger partial charge < -0.3 is 16.6 Å². The molecule has 178 valence electrons. The van der Waals surface area contributed by atoms with Crippen molar-refractivity contribution in [2.45, 2.75) is 62.6 Å². The average Bonchev–Trinajstić information content (AvgIpc) is 3.07. The van der Waals surface area contributed by atoms with Crippen LogP contribution in [0.15, 0.2) is 11.6 Å². The van der Waals surface area contributed by atoms with Gasteiger partial charge in [0.2, 0.25) is 0 Å². The van der Waals surface area contributed by atoms with Crippen LogP contribution >= 0.6 is 0 Å². The van der Waals surface area contributed by atoms with Gasteiger partial charge in [-0.05, 0) is 37.7 Å². The van der Waals surface area contributed by atoms with E-state index in [1.165, 1.54) is 6.08 Å². The van der Waals surface area contributed by atoms with Crippen LogP contribution in [0.1, 0.15) is 44.9 Å². The molecule has 4 aliphatic rings. The summed E-state index contributed by atoms with van der Waals surface area (Å²) in [6.45, 7) is 0.176. The largest absolute Gasteiger partial charge is 0.382 e. The van der Waals surface area contributed by atoms with Crippen molar-refractivity contribution in [2.24, 2.45) is 17.4 Å². The Labute approximate surface area is 188 Å². The van der Waals surface area contributed by atoms with Gasteiger partial charge in [0.25, 0.3) is 5.91 Å². The van der Waals surface area contributed by atoms with Crippen molar-refractivity contribution in [2.75, 3.05) is 6.54 Å². The number of fused-ring (bicyclic) bond motifs is 2. The van der Waals surface area contributed by atoms with Gasteiger partial charge in [0.15, 0.2) is 0 Å². The molecule has 6 amide bonds. The number of hydrazine groups is 1. The van der Waals surface area contributed by atoms with Crippen LogP contribution in [-0.2, 0) is 28.8 Å². The van der Waals surface area contributed by atoms with E-state index in [2.05, 4.69) is 10.9 Å². The third kappa shape index (κ3) is 3.38. The smallest absolute Gasteiger partial charge is 0.354 e. The molecule has 0 spiro atoms. The first-order valence-electron chi connectivity index (χ1n) is 10.9. The van der Waals surface area contributed by atoms with Crippen molar-refractivity contribution in [3.8, 4) is 0 Å². The molecule has 3 heterocycles. The van der Waals surface area contributed by atoms with Crippen molar-refractivity contribution >= 4 is 35.4 Å². The lowest BCUT2D eigenvalue weighted by Crippen LogP contribution is -2.68. The zero-order valence-electron chi connectivity index (χ0n) is 17.9. The summed E-state index contributed by atoms with van der Waals surface area (Å²) in [7, 11) is 0. The maximum absolute atomic E-state index is 13.9. The Morgan fingerprint density at radius 2 is 1.70 bits per heavy atom. The van der Waals surface area contributed by atoms with E-state index in [9.17, 15) is 33.9 Å². The minimum Gasteiger partial charge on any atom is -0.382 e. The third-order valence-corrected chi connectivity index (χ3v) is 7.32. The van der Waals surface area contributed by atoms with Crippen LogP contribution in [0.4, 0.5) is 0 Å². The Bertz CT molecular complexity index is 995. The average molecular weight is 463 g/mol. The van der Waals surface area contributed by atoms with Crippen molar-refractivity contribution in [1.82, 2.24) is 15.9 Å². The number of nitrogens with zero attached hydrogens (tertiary/aromatic N) is 2. The Morgan fingerprint density at radius 1 is 1.03 bits per heavy atom. The molecule has 5 atom stereocenters. The van der Waals surface area contributed by atoms with Gasteiger partial charge in [-0.3, -0.25) is 29.4 Å². The van der Waals surface area contributed by atoms with Crippen LogP contribution in [-0.4, -0.2) is 74.4 Å². The fraction of sp³-hybridized carbons (Fsp3) is 0.600. The Kier molecular flexibility index (Phi) is 5.48. The summed E-state index contributed by atoms with van der Waals surface area (Å²) in [5.41, 5.74) is 13.6. The molecular formula is C20H27N6O7+. The molecule has 3 fully saturated rings. The Balaban J connectivity index is 1.80. The summed E-state index contributed by atoms with van der Waals surface area (Å²) in [6.07, 6.45) is 4.45. The van der Waals surface area contributed by atoms with E-state index in [4.69, 9.17) is 11.5 Å². The molecule has 3 aliphatic heterocycles. The third-order valence-electron chi connectivity index (χ3n) is 7.32. The molecule has 5 unspecified atom stereocenters. The van der Waals surface area contributed by atoms with Crippen LogP contribution in [0.3, 0.4) is 0 Å². The number of nitrogens with one attached hydrogen (secondary N) is 2. The molecular weight excluding hydrogens is 436 g/mol. The summed E-state index contributed by atoms with van der Waals surface area (Å²) in [5, 5.41) is 12.9. The molecule has 4 rings (SSSR count). The van der Waals surface area contributed by atoms with Crippen LogP contribution in [0, 0.1) is 5.92 Å². The normalized spacial score (nSPS) is 35.4. The number of rotatable bonds is 2. The fourth-order valence-electron chi connectivity index (χ4n) is 6.00. The van der Waals surface area contributed by atoms with E-state index in [0.717, 1.165) is 5.01 Å². The fourth-order valence-corrected chi connectivity index (χ4v) is 6.00. The molecule has 33 heavy (non-hydrogen) atoms. The predicted octanol–water partition coefficient (Wildman–Crippen LogP) is -3.01. The van der Waals surface area contributed by atoms with E-state index in [1.54, 1.807) is 0 Å². The molecule has 1 aliphatic carbocycles. The highest BCUT2D eigenvalue weighted by atomic mass is 16.3. The number of quaternary nitrogens is 1. The van der Waals surface area contributed by atoms with Crippen molar-refractivity contribution < 1.29 is 38.5 Å². The quantitative estimate of drug-likeness (QED) is 0.212. The van der Waals surface area contributed by atoms with E-state index in [0.29, 0.717) is 44.1 Å². The molecule has 0 aromatic rings. The summed E-state index contributed by atoms with van der Waals surface area (Å²) in [4.78, 5) is 73.6. The first kappa shape index (κ1) is 22.9. The van der Waals surface area contributed by atoms with Gasteiger partial charge in [0, 0.05) is 12.5 Å². The maximum Gasteiger partial charge on any atom is 0.354 e. The first-order chi connectivity index (χ1) is 15.5. The zero-order chi connectivity index (χ0) is 24.1. The number of carbonyl (C=O) groups excluding carboxylic acids is 6. The van der Waals surface area contributed by atoms with Gasteiger partial charge in [-0.15, -0.1) is 0 Å². The highest BCUT2D eigenvalue weighted by Gasteiger charge is 2.72. The van der Waals surface area contributed by atoms with Crippen LogP contribution < -0.4 is 22.3 Å². The Morgan fingerprint density at radius 3 is 2.36 bits per heavy atom. The van der Waals surface area contributed by atoms with Gasteiger partial charge in [-0.25, -0.2) is 9.80 Å². The SMILES string of the molecule is NC(=O)C(=O)NN1C(=O)C=C2C1CCCCC1C3(O)CCCC[N+]1(NC(=O)C(N)=O)C(=O)C23. The van der Waals surface area contributed by atoms with E-state index < -0.39 is 63.6 Å². The number of hydrogen-bond donors (Lipinski definition) is 5. The van der Waals surface area contributed by atoms with E-state index >= 15 is 0 Å². The molecule has 0 aromatic carbocycles. The summed E-state index contributed by atoms with van der Waals surface area (Å²) < 4.78 is -0.616. The highest BCUT2D eigenvalue weighted by molar-refractivity contribution is 6.34. The highest BCUT2D eigenvalue weighted by Crippen LogP contribution is 2.52. The zero-order valence-corrected chi connectivity index (χ0v) is 17.9. The molecule has 0 radical (unpaired) electrons.